The van der Waals surface area contributed by atoms with Crippen LogP contribution < -0.4 is 16.4 Å². The van der Waals surface area contributed by atoms with Gasteiger partial charge in [-0.3, -0.25) is 4.79 Å². The molecule has 0 unspecified atom stereocenters. The van der Waals surface area contributed by atoms with Crippen LogP contribution in [-0.4, -0.2) is 16.9 Å². The van der Waals surface area contributed by atoms with Crippen LogP contribution in [-0.2, 0) is 6.54 Å². The molecule has 21 heavy (non-hydrogen) atoms. The molecule has 1 aromatic carbocycles. The van der Waals surface area contributed by atoms with Gasteiger partial charge in [0.2, 0.25) is 5.91 Å². The average molecular weight is 284 g/mol. The van der Waals surface area contributed by atoms with E-state index in [1.807, 2.05) is 30.3 Å². The highest BCUT2D eigenvalue weighted by Gasteiger charge is 2.13. The summed E-state index contributed by atoms with van der Waals surface area (Å²) in [6, 6.07) is 11.6. The minimum atomic E-state index is -0.471. The molecule has 5 nitrogen and oxygen atoms in total. The maximum atomic E-state index is 11.1. The van der Waals surface area contributed by atoms with E-state index in [-0.39, 0.29) is 6.04 Å². The number of primary amides is 1. The molecule has 0 fully saturated rings. The van der Waals surface area contributed by atoms with E-state index in [9.17, 15) is 4.79 Å². The number of nitrogen functional groups attached to an aromatic ring is 1. The van der Waals surface area contributed by atoms with Gasteiger partial charge in [-0.1, -0.05) is 12.1 Å². The number of rotatable bonds is 5. The molecular formula is C16H20N4O. The summed E-state index contributed by atoms with van der Waals surface area (Å²) < 4.78 is 0. The van der Waals surface area contributed by atoms with E-state index in [1.54, 1.807) is 6.07 Å². The fourth-order valence-electron chi connectivity index (χ4n) is 2.12. The van der Waals surface area contributed by atoms with E-state index >= 15 is 0 Å². The van der Waals surface area contributed by atoms with Crippen LogP contribution in [0.1, 0.15) is 29.8 Å². The Morgan fingerprint density at radius 1 is 1.29 bits per heavy atom. The first-order valence-electron chi connectivity index (χ1n) is 6.84. The van der Waals surface area contributed by atoms with E-state index in [0.29, 0.717) is 12.1 Å². The first-order valence-corrected chi connectivity index (χ1v) is 6.84. The standard InChI is InChI=1S/C16H20N4O/c1-11(2)20(10-12-4-3-5-14(17)8-12)15-7-6-13(9-19-15)16(18)21/h3-9,11H,10,17H2,1-2H3,(H2,18,21). The number of pyridine rings is 1. The number of anilines is 2. The zero-order chi connectivity index (χ0) is 15.4. The average Bonchev–Trinajstić information content (AvgIpc) is 2.44. The van der Waals surface area contributed by atoms with E-state index in [4.69, 9.17) is 11.5 Å². The molecule has 2 rings (SSSR count). The number of carbonyl (C=O) groups excluding carboxylic acids is 1. The first kappa shape index (κ1) is 14.8. The third-order valence-electron chi connectivity index (χ3n) is 3.25. The summed E-state index contributed by atoms with van der Waals surface area (Å²) in [6.45, 7) is 4.89. The molecule has 0 spiro atoms. The second-order valence-electron chi connectivity index (χ2n) is 5.24. The molecule has 0 saturated carbocycles. The highest BCUT2D eigenvalue weighted by Crippen LogP contribution is 2.19. The fraction of sp³-hybridized carbons (Fsp3) is 0.250. The van der Waals surface area contributed by atoms with Crippen molar-refractivity contribution in [1.82, 2.24) is 4.98 Å². The van der Waals surface area contributed by atoms with Gasteiger partial charge in [-0.15, -0.1) is 0 Å². The molecule has 4 N–H and O–H groups in total. The lowest BCUT2D eigenvalue weighted by Crippen LogP contribution is -2.31. The summed E-state index contributed by atoms with van der Waals surface area (Å²) in [5.74, 6) is 0.332. The van der Waals surface area contributed by atoms with E-state index in [2.05, 4.69) is 23.7 Å². The minimum absolute atomic E-state index is 0.262. The summed E-state index contributed by atoms with van der Waals surface area (Å²) in [4.78, 5) is 17.6. The van der Waals surface area contributed by atoms with Gasteiger partial charge in [0.25, 0.3) is 0 Å². The van der Waals surface area contributed by atoms with E-state index in [0.717, 1.165) is 17.1 Å². The summed E-state index contributed by atoms with van der Waals surface area (Å²) in [7, 11) is 0. The van der Waals surface area contributed by atoms with Gasteiger partial charge in [-0.25, -0.2) is 4.98 Å². The third kappa shape index (κ3) is 3.72. The molecule has 0 aliphatic rings. The van der Waals surface area contributed by atoms with Gasteiger partial charge in [0, 0.05) is 24.5 Å². The number of carbonyl (C=O) groups is 1. The normalized spacial score (nSPS) is 10.6. The zero-order valence-electron chi connectivity index (χ0n) is 12.3. The van der Waals surface area contributed by atoms with Crippen molar-refractivity contribution in [2.24, 2.45) is 5.73 Å². The second kappa shape index (κ2) is 6.26. The van der Waals surface area contributed by atoms with Crippen LogP contribution >= 0.6 is 0 Å². The van der Waals surface area contributed by atoms with Gasteiger partial charge in [0.15, 0.2) is 0 Å². The lowest BCUT2D eigenvalue weighted by molar-refractivity contribution is 0.1000. The van der Waals surface area contributed by atoms with Gasteiger partial charge in [0.05, 0.1) is 5.56 Å². The maximum Gasteiger partial charge on any atom is 0.250 e. The van der Waals surface area contributed by atoms with Crippen molar-refractivity contribution in [3.8, 4) is 0 Å². The summed E-state index contributed by atoms with van der Waals surface area (Å²) in [5.41, 5.74) is 13.3. The Hall–Kier alpha value is -2.56. The number of nitrogens with zero attached hydrogens (tertiary/aromatic N) is 2. The van der Waals surface area contributed by atoms with E-state index in [1.165, 1.54) is 6.20 Å². The Balaban J connectivity index is 2.24. The predicted octanol–water partition coefficient (Wildman–Crippen LogP) is 2.18. The minimum Gasteiger partial charge on any atom is -0.399 e. The van der Waals surface area contributed by atoms with Crippen molar-refractivity contribution < 1.29 is 4.79 Å². The number of benzene rings is 1. The number of hydrogen-bond acceptors (Lipinski definition) is 4. The van der Waals surface area contributed by atoms with Crippen LogP contribution in [0.15, 0.2) is 42.6 Å². The lowest BCUT2D eigenvalue weighted by atomic mass is 10.1. The zero-order valence-corrected chi connectivity index (χ0v) is 12.3. The highest BCUT2D eigenvalue weighted by atomic mass is 16.1. The smallest absolute Gasteiger partial charge is 0.250 e. The van der Waals surface area contributed by atoms with Gasteiger partial charge in [-0.05, 0) is 43.7 Å². The SMILES string of the molecule is CC(C)N(Cc1cccc(N)c1)c1ccc(C(N)=O)cn1. The van der Waals surface area contributed by atoms with Crippen molar-refractivity contribution >= 4 is 17.4 Å². The Morgan fingerprint density at radius 3 is 2.57 bits per heavy atom. The van der Waals surface area contributed by atoms with Crippen LogP contribution in [0.2, 0.25) is 0 Å². The van der Waals surface area contributed by atoms with Gasteiger partial charge in [0.1, 0.15) is 5.82 Å². The molecule has 0 atom stereocenters. The predicted molar refractivity (Wildman–Crippen MR) is 84.9 cm³/mol. The Labute approximate surface area is 124 Å². The van der Waals surface area contributed by atoms with Crippen LogP contribution in [0, 0.1) is 0 Å². The first-order chi connectivity index (χ1) is 9.97. The Kier molecular flexibility index (Phi) is 4.42. The number of aromatic nitrogens is 1. The highest BCUT2D eigenvalue weighted by molar-refractivity contribution is 5.92. The van der Waals surface area contributed by atoms with Gasteiger partial charge in [-0.2, -0.15) is 0 Å². The van der Waals surface area contributed by atoms with Crippen molar-refractivity contribution in [2.45, 2.75) is 26.4 Å². The summed E-state index contributed by atoms with van der Waals surface area (Å²) in [6.07, 6.45) is 1.51. The molecule has 0 aliphatic carbocycles. The molecule has 1 amide bonds. The van der Waals surface area contributed by atoms with Gasteiger partial charge >= 0.3 is 0 Å². The molecule has 110 valence electrons. The molecular weight excluding hydrogens is 264 g/mol. The number of hydrogen-bond donors (Lipinski definition) is 2. The Bertz CT molecular complexity index is 622. The van der Waals surface area contributed by atoms with Gasteiger partial charge < -0.3 is 16.4 Å². The summed E-state index contributed by atoms with van der Waals surface area (Å²) >= 11 is 0. The molecule has 2 aromatic rings. The van der Waals surface area contributed by atoms with Crippen LogP contribution in [0.5, 0.6) is 0 Å². The van der Waals surface area contributed by atoms with Crippen molar-refractivity contribution in [1.29, 1.82) is 0 Å². The second-order valence-corrected chi connectivity index (χ2v) is 5.24. The molecule has 0 radical (unpaired) electrons. The largest absolute Gasteiger partial charge is 0.399 e. The molecule has 0 bridgehead atoms. The van der Waals surface area contributed by atoms with Crippen LogP contribution in [0.3, 0.4) is 0 Å². The quantitative estimate of drug-likeness (QED) is 0.824. The summed E-state index contributed by atoms with van der Waals surface area (Å²) in [5, 5.41) is 0. The van der Waals surface area contributed by atoms with Crippen LogP contribution in [0.25, 0.3) is 0 Å². The van der Waals surface area contributed by atoms with Crippen LogP contribution in [0.4, 0.5) is 11.5 Å². The molecule has 0 saturated heterocycles. The molecule has 5 heteroatoms. The number of amides is 1. The fourth-order valence-corrected chi connectivity index (χ4v) is 2.12. The molecule has 0 aliphatic heterocycles. The third-order valence-corrected chi connectivity index (χ3v) is 3.25. The Morgan fingerprint density at radius 2 is 2.05 bits per heavy atom. The maximum absolute atomic E-state index is 11.1. The molecule has 1 aromatic heterocycles. The lowest BCUT2D eigenvalue weighted by Gasteiger charge is -2.28. The monoisotopic (exact) mass is 284 g/mol. The van der Waals surface area contributed by atoms with Crippen molar-refractivity contribution in [3.63, 3.8) is 0 Å². The topological polar surface area (TPSA) is 85.2 Å². The van der Waals surface area contributed by atoms with Crippen molar-refractivity contribution in [2.75, 3.05) is 10.6 Å². The number of nitrogens with two attached hydrogens (primary N) is 2. The van der Waals surface area contributed by atoms with E-state index < -0.39 is 5.91 Å². The van der Waals surface area contributed by atoms with Crippen molar-refractivity contribution in [3.05, 3.63) is 53.7 Å². The molecule has 1 heterocycles.